The summed E-state index contributed by atoms with van der Waals surface area (Å²) in [7, 11) is 0. The number of guanidine groups is 1. The number of amides is 3. The molecule has 25 heteroatoms. The van der Waals surface area contributed by atoms with E-state index in [0.29, 0.717) is 0 Å². The van der Waals surface area contributed by atoms with E-state index in [0.717, 1.165) is 0 Å². The highest BCUT2D eigenvalue weighted by Gasteiger charge is 2.49. The predicted octanol–water partition coefficient (Wildman–Crippen LogP) is -2.41. The summed E-state index contributed by atoms with van der Waals surface area (Å²) in [6.07, 6.45) is -0.246. The van der Waals surface area contributed by atoms with E-state index in [-0.39, 0.29) is 31.6 Å². The van der Waals surface area contributed by atoms with Gasteiger partial charge < -0.3 is 96.6 Å². The van der Waals surface area contributed by atoms with Crippen LogP contribution in [-0.2, 0) is 28.5 Å². The second kappa shape index (κ2) is 32.7. The number of urea groups is 1. The smallest absolute Gasteiger partial charge is 0.333 e. The number of ether oxygens (including phenoxy) is 4. The van der Waals surface area contributed by atoms with Crippen LogP contribution in [0.3, 0.4) is 0 Å². The van der Waals surface area contributed by atoms with Gasteiger partial charge in [0.2, 0.25) is 0 Å². The molecule has 0 aromatic heterocycles. The van der Waals surface area contributed by atoms with Gasteiger partial charge in [0.1, 0.15) is 18.3 Å². The molecule has 3 rings (SSSR count). The van der Waals surface area contributed by atoms with Crippen molar-refractivity contribution >= 4 is 23.9 Å². The Balaban J connectivity index is 1.99. The van der Waals surface area contributed by atoms with Crippen LogP contribution >= 0.6 is 0 Å². The van der Waals surface area contributed by atoms with E-state index in [2.05, 4.69) is 10.6 Å². The van der Waals surface area contributed by atoms with Gasteiger partial charge in [0.15, 0.2) is 24.1 Å². The molecule has 0 unspecified atom stereocenters. The number of rotatable bonds is 6. The van der Waals surface area contributed by atoms with E-state index >= 15 is 0 Å². The molecule has 2 fully saturated rings. The Morgan fingerprint density at radius 2 is 1.30 bits per heavy atom. The van der Waals surface area contributed by atoms with Crippen LogP contribution in [0, 0.1) is 17.2 Å². The highest BCUT2D eigenvalue weighted by molar-refractivity contribution is 5.84. The number of carbonyl (C=O) groups is 3. The van der Waals surface area contributed by atoms with Crippen molar-refractivity contribution < 1.29 is 94.6 Å². The molecule has 2 bridgehead atoms. The first-order chi connectivity index (χ1) is 35.8. The fourth-order valence-corrected chi connectivity index (χ4v) is 8.62. The van der Waals surface area contributed by atoms with E-state index in [1.165, 1.54) is 13.0 Å². The van der Waals surface area contributed by atoms with Gasteiger partial charge in [-0.1, -0.05) is 98.9 Å². The van der Waals surface area contributed by atoms with Gasteiger partial charge in [-0.2, -0.15) is 0 Å². The van der Waals surface area contributed by atoms with Gasteiger partial charge in [-0.05, 0) is 33.1 Å². The summed E-state index contributed by atoms with van der Waals surface area (Å²) in [5.74, 6) is -5.71. The predicted molar refractivity (Wildman–Crippen MR) is 273 cm³/mol. The van der Waals surface area contributed by atoms with Gasteiger partial charge in [-0.15, -0.1) is 0 Å². The van der Waals surface area contributed by atoms with Crippen molar-refractivity contribution in [1.82, 2.24) is 21.5 Å². The van der Waals surface area contributed by atoms with Gasteiger partial charge >= 0.3 is 12.0 Å². The zero-order valence-corrected chi connectivity index (χ0v) is 43.2. The monoisotopic (exact) mass is 1080 g/mol. The lowest BCUT2D eigenvalue weighted by molar-refractivity contribution is -0.303. The van der Waals surface area contributed by atoms with Crippen LogP contribution < -0.4 is 27.2 Å². The topological polar surface area (TPSA) is 429 Å². The lowest BCUT2D eigenvalue weighted by Crippen LogP contribution is -2.65. The number of allylic oxidation sites excluding steroid dienone is 12. The first-order valence-corrected chi connectivity index (χ1v) is 25.3. The number of aliphatic hydroxyl groups is 12. The van der Waals surface area contributed by atoms with E-state index in [4.69, 9.17) is 35.2 Å². The number of hydrazine groups is 1. The van der Waals surface area contributed by atoms with Crippen LogP contribution in [0.25, 0.3) is 0 Å². The largest absolute Gasteiger partial charge is 0.462 e. The average molecular weight is 1080 g/mol. The molecule has 0 radical (unpaired) electrons. The van der Waals surface area contributed by atoms with E-state index < -0.39 is 172 Å². The van der Waals surface area contributed by atoms with E-state index in [1.54, 1.807) is 92.8 Å². The van der Waals surface area contributed by atoms with Crippen molar-refractivity contribution in [3.8, 4) is 0 Å². The third-order valence-electron chi connectivity index (χ3n) is 13.1. The summed E-state index contributed by atoms with van der Waals surface area (Å²) < 4.78 is 23.7. The van der Waals surface area contributed by atoms with Gasteiger partial charge in [0.25, 0.3) is 5.91 Å². The molecule has 0 saturated carbocycles. The molecule has 430 valence electrons. The van der Waals surface area contributed by atoms with Crippen LogP contribution in [-0.4, -0.2) is 201 Å². The summed E-state index contributed by atoms with van der Waals surface area (Å²) in [5.41, 5.74) is 9.40. The molecule has 3 aliphatic heterocycles. The van der Waals surface area contributed by atoms with Crippen molar-refractivity contribution in [1.29, 1.82) is 5.41 Å². The Labute approximate surface area is 442 Å². The molecule has 3 heterocycles. The number of esters is 1. The molecule has 2 saturated heterocycles. The minimum atomic E-state index is -2.41. The Kier molecular flexibility index (Phi) is 28.1. The molecule has 20 atom stereocenters. The minimum absolute atomic E-state index is 0.150. The van der Waals surface area contributed by atoms with Gasteiger partial charge in [0, 0.05) is 37.5 Å². The maximum Gasteiger partial charge on any atom is 0.333 e. The van der Waals surface area contributed by atoms with Crippen LogP contribution in [0.15, 0.2) is 85.1 Å². The third kappa shape index (κ3) is 22.6. The number of cyclic esters (lactones) is 1. The van der Waals surface area contributed by atoms with Crippen LogP contribution in [0.5, 0.6) is 0 Å². The number of hydrogen-bond acceptors (Lipinski definition) is 20. The number of carbonyl (C=O) groups excluding carboxylic acids is 3. The van der Waals surface area contributed by atoms with Crippen LogP contribution in [0.2, 0.25) is 0 Å². The molecule has 76 heavy (non-hydrogen) atoms. The normalized spacial score (nSPS) is 40.8. The summed E-state index contributed by atoms with van der Waals surface area (Å²) in [5, 5.41) is 142. The van der Waals surface area contributed by atoms with E-state index in [1.807, 2.05) is 17.8 Å². The Morgan fingerprint density at radius 1 is 0.711 bits per heavy atom. The van der Waals surface area contributed by atoms with Crippen molar-refractivity contribution in [2.45, 2.75) is 189 Å². The van der Waals surface area contributed by atoms with Gasteiger partial charge in [-0.3, -0.25) is 20.4 Å². The fraction of sp³-hybridized carbons (Fsp3) is 0.647. The standard InChI is InChI=1S/C51H82N6O19/c1-28-17-15-13-11-9-7-5-6-8-10-12-14-16-18-35(75-48-46(69)43(54-49(52)53)45(68)31(4)74-48)24-40-42(55-50(71)57-56-47(70)39(65)27-58)38(64)26-51(72,76-40)25-34(61)22-37(63)36(62)20-19-32(59)21-33(60)23-41(66)73-30(3)29(2)44(28)67/h5-18,28-40,42-46,48,58-65,67-69,72H,19-27H2,1-4H3,(H,56,70)(H4,52,53,54)(H2,55,57,71)/b6-5+,9-7+,10-8+,13-11+,14-12+,17-15+,18-16+/t28-,29-,30-,31+,32+,33+,34-,35-,36+,37+,38-,39+,40-,42+,43-,44+,45+,46-,48-,51+/m0/s1. The molecule has 19 N–H and O–H groups in total. The first-order valence-electron chi connectivity index (χ1n) is 25.3. The Hall–Kier alpha value is -4.94. The lowest BCUT2D eigenvalue weighted by atomic mass is 9.87. The number of hydrogen-bond donors (Lipinski definition) is 18. The van der Waals surface area contributed by atoms with Gasteiger partial charge in [0.05, 0.1) is 86.2 Å². The quantitative estimate of drug-likeness (QED) is 0.0570. The van der Waals surface area contributed by atoms with Crippen molar-refractivity contribution in [2.24, 2.45) is 17.6 Å². The molecule has 0 aromatic carbocycles. The van der Waals surface area contributed by atoms with Gasteiger partial charge in [-0.25, -0.2) is 10.2 Å². The SMILES string of the molecule is C[C@@H]1[C@H](O)[C@@H](C)/C=C/C=C/C=C/C=C/C=C/C=C/C=C/[C@H](O[C@@H]2O[C@H](C)[C@@H](O)[C@H](NC(=N)N)[C@@H]2O)C[C@@H]2O[C@](O)(C[C@@H](O)C[C@@H](O)[C@H](O)CC[C@@H](O)C[C@@H](O)CC(=O)O[C@H]1C)C[C@H](O)[C@H]2NC(=O)NNC(=O)[C@H](O)CO. The maximum atomic E-state index is 13.1. The van der Waals surface area contributed by atoms with E-state index in [9.17, 15) is 70.6 Å². The molecule has 25 nitrogen and oxygen atoms in total. The molecule has 0 spiro atoms. The molecule has 0 aromatic rings. The second-order valence-corrected chi connectivity index (χ2v) is 19.5. The van der Waals surface area contributed by atoms with Crippen molar-refractivity contribution in [3.05, 3.63) is 85.1 Å². The molecular formula is C51H82N6O19. The number of nitrogens with one attached hydrogen (secondary N) is 5. The zero-order valence-electron chi connectivity index (χ0n) is 43.2. The highest BCUT2D eigenvalue weighted by Crippen LogP contribution is 2.35. The highest BCUT2D eigenvalue weighted by atomic mass is 16.7. The summed E-state index contributed by atoms with van der Waals surface area (Å²) >= 11 is 0. The third-order valence-corrected chi connectivity index (χ3v) is 13.1. The molecule has 3 aliphatic rings. The number of fused-ring (bicyclic) bond motifs is 2. The first kappa shape index (κ1) is 65.3. The minimum Gasteiger partial charge on any atom is -0.462 e. The van der Waals surface area contributed by atoms with Crippen LogP contribution in [0.4, 0.5) is 4.79 Å². The Morgan fingerprint density at radius 3 is 1.89 bits per heavy atom. The van der Waals surface area contributed by atoms with Crippen LogP contribution in [0.1, 0.15) is 79.1 Å². The molecule has 0 aliphatic carbocycles. The lowest BCUT2D eigenvalue weighted by Gasteiger charge is -2.46. The van der Waals surface area contributed by atoms with Crippen molar-refractivity contribution in [3.63, 3.8) is 0 Å². The second-order valence-electron chi connectivity index (χ2n) is 19.5. The maximum absolute atomic E-state index is 13.1. The summed E-state index contributed by atoms with van der Waals surface area (Å²) in [4.78, 5) is 37.9. The molecular weight excluding hydrogens is 1000 g/mol. The molecule has 3 amide bonds. The van der Waals surface area contributed by atoms with Crippen molar-refractivity contribution in [2.75, 3.05) is 6.61 Å². The number of nitrogens with two attached hydrogens (primary N) is 1. The Bertz CT molecular complexity index is 2020. The zero-order chi connectivity index (χ0) is 56.7. The number of aliphatic hydroxyl groups excluding tert-OH is 11. The summed E-state index contributed by atoms with van der Waals surface area (Å²) in [6.45, 7) is 5.68. The fourth-order valence-electron chi connectivity index (χ4n) is 8.62. The average Bonchev–Trinajstić information content (AvgIpc) is 3.34. The summed E-state index contributed by atoms with van der Waals surface area (Å²) in [6, 6.07) is -3.86.